The molecule has 2 N–H and O–H groups in total. The van der Waals surface area contributed by atoms with Gasteiger partial charge in [-0.05, 0) is 43.4 Å². The third-order valence-electron chi connectivity index (χ3n) is 3.34. The van der Waals surface area contributed by atoms with Crippen LogP contribution in [0.3, 0.4) is 0 Å². The van der Waals surface area contributed by atoms with Crippen molar-refractivity contribution in [2.75, 3.05) is 37.9 Å². The van der Waals surface area contributed by atoms with Crippen molar-refractivity contribution in [1.82, 2.24) is 4.90 Å². The van der Waals surface area contributed by atoms with Gasteiger partial charge in [0.05, 0.1) is 25.9 Å². The molecule has 2 aromatic rings. The molecule has 0 atom stereocenters. The summed E-state index contributed by atoms with van der Waals surface area (Å²) >= 11 is 5.80. The van der Waals surface area contributed by atoms with Crippen molar-refractivity contribution >= 4 is 34.8 Å². The van der Waals surface area contributed by atoms with Crippen LogP contribution in [0.25, 0.3) is 0 Å². The predicted octanol–water partition coefficient (Wildman–Crippen LogP) is 2.86. The highest BCUT2D eigenvalue weighted by molar-refractivity contribution is 6.30. The summed E-state index contributed by atoms with van der Waals surface area (Å²) in [6.45, 7) is 0.161. The highest BCUT2D eigenvalue weighted by Crippen LogP contribution is 2.22. The van der Waals surface area contributed by atoms with E-state index >= 15 is 0 Å². The van der Waals surface area contributed by atoms with Crippen molar-refractivity contribution < 1.29 is 14.3 Å². The van der Waals surface area contributed by atoms with Gasteiger partial charge in [-0.3, -0.25) is 14.5 Å². The molecule has 2 amide bonds. The van der Waals surface area contributed by atoms with E-state index < -0.39 is 0 Å². The van der Waals surface area contributed by atoms with Crippen molar-refractivity contribution in [2.24, 2.45) is 0 Å². The zero-order valence-electron chi connectivity index (χ0n) is 14.1. The minimum absolute atomic E-state index is 0.0755. The molecule has 132 valence electrons. The van der Waals surface area contributed by atoms with Gasteiger partial charge >= 0.3 is 0 Å². The summed E-state index contributed by atoms with van der Waals surface area (Å²) in [6.07, 6.45) is 0. The lowest BCUT2D eigenvalue weighted by molar-refractivity contribution is -0.119. The molecule has 0 heterocycles. The maximum Gasteiger partial charge on any atom is 0.238 e. The number of carbonyl (C=O) groups is 2. The van der Waals surface area contributed by atoms with E-state index in [-0.39, 0.29) is 24.9 Å². The molecule has 0 aliphatic heterocycles. The lowest BCUT2D eigenvalue weighted by Crippen LogP contribution is -2.36. The van der Waals surface area contributed by atoms with Crippen LogP contribution in [0.1, 0.15) is 0 Å². The van der Waals surface area contributed by atoms with Gasteiger partial charge in [-0.15, -0.1) is 0 Å². The molecule has 0 spiro atoms. The quantitative estimate of drug-likeness (QED) is 0.795. The molecular weight excluding hydrogens is 342 g/mol. The van der Waals surface area contributed by atoms with E-state index in [4.69, 9.17) is 16.3 Å². The largest absolute Gasteiger partial charge is 0.495 e. The smallest absolute Gasteiger partial charge is 0.238 e. The number of hydrogen-bond donors (Lipinski definition) is 2. The third kappa shape index (κ3) is 6.10. The fraction of sp³-hybridized carbons (Fsp3) is 0.222. The van der Waals surface area contributed by atoms with E-state index in [2.05, 4.69) is 10.6 Å². The summed E-state index contributed by atoms with van der Waals surface area (Å²) in [7, 11) is 3.24. The summed E-state index contributed by atoms with van der Waals surface area (Å²) in [5.41, 5.74) is 1.25. The Bertz CT molecular complexity index is 735. The molecule has 0 fully saturated rings. The molecule has 0 radical (unpaired) electrons. The van der Waals surface area contributed by atoms with Crippen molar-refractivity contribution in [1.29, 1.82) is 0 Å². The molecule has 0 bridgehead atoms. The van der Waals surface area contributed by atoms with Gasteiger partial charge in [-0.25, -0.2) is 0 Å². The van der Waals surface area contributed by atoms with Gasteiger partial charge in [0.1, 0.15) is 5.75 Å². The number of ether oxygens (including phenoxy) is 1. The lowest BCUT2D eigenvalue weighted by atomic mass is 10.3. The van der Waals surface area contributed by atoms with E-state index in [1.54, 1.807) is 54.4 Å². The Balaban J connectivity index is 1.82. The molecule has 2 rings (SSSR count). The normalized spacial score (nSPS) is 10.4. The van der Waals surface area contributed by atoms with Crippen LogP contribution in [0.5, 0.6) is 5.75 Å². The standard InChI is InChI=1S/C18H20ClN3O3/c1-22(11-17(23)20-14-9-7-13(19)8-10-14)12-18(24)21-15-5-3-4-6-16(15)25-2/h3-10H,11-12H2,1-2H3,(H,20,23)(H,21,24). The Labute approximate surface area is 151 Å². The Morgan fingerprint density at radius 2 is 1.60 bits per heavy atom. The van der Waals surface area contributed by atoms with Crippen LogP contribution in [0.4, 0.5) is 11.4 Å². The number of nitrogens with one attached hydrogen (secondary N) is 2. The van der Waals surface area contributed by atoms with Gasteiger partial charge in [0, 0.05) is 10.7 Å². The zero-order valence-corrected chi connectivity index (χ0v) is 14.8. The number of nitrogens with zero attached hydrogens (tertiary/aromatic N) is 1. The number of benzene rings is 2. The SMILES string of the molecule is COc1ccccc1NC(=O)CN(C)CC(=O)Nc1ccc(Cl)cc1. The number of anilines is 2. The summed E-state index contributed by atoms with van der Waals surface area (Å²) in [6, 6.07) is 14.0. The monoisotopic (exact) mass is 361 g/mol. The Kier molecular flexibility index (Phi) is 6.80. The Morgan fingerprint density at radius 1 is 1.00 bits per heavy atom. The van der Waals surface area contributed by atoms with Gasteiger partial charge in [0.2, 0.25) is 11.8 Å². The summed E-state index contributed by atoms with van der Waals surface area (Å²) in [5.74, 6) is 0.139. The van der Waals surface area contributed by atoms with Gasteiger partial charge in [0.25, 0.3) is 0 Å². The molecule has 0 saturated heterocycles. The van der Waals surface area contributed by atoms with E-state index in [9.17, 15) is 9.59 Å². The summed E-state index contributed by atoms with van der Waals surface area (Å²) in [5, 5.41) is 6.12. The average Bonchev–Trinajstić information content (AvgIpc) is 2.57. The van der Waals surface area contributed by atoms with Crippen LogP contribution < -0.4 is 15.4 Å². The van der Waals surface area contributed by atoms with Crippen molar-refractivity contribution in [3.05, 3.63) is 53.6 Å². The molecule has 0 aromatic heterocycles. The molecule has 2 aromatic carbocycles. The minimum atomic E-state index is -0.230. The lowest BCUT2D eigenvalue weighted by Gasteiger charge is -2.16. The Morgan fingerprint density at radius 3 is 2.24 bits per heavy atom. The second kappa shape index (κ2) is 9.05. The molecule has 7 heteroatoms. The van der Waals surface area contributed by atoms with Crippen LogP contribution >= 0.6 is 11.6 Å². The number of rotatable bonds is 7. The van der Waals surface area contributed by atoms with E-state index in [0.717, 1.165) is 0 Å². The van der Waals surface area contributed by atoms with Gasteiger partial charge in [-0.1, -0.05) is 23.7 Å². The maximum absolute atomic E-state index is 12.1. The fourth-order valence-electron chi connectivity index (χ4n) is 2.22. The molecule has 0 unspecified atom stereocenters. The number of methoxy groups -OCH3 is 1. The first-order valence-corrected chi connectivity index (χ1v) is 8.02. The summed E-state index contributed by atoms with van der Waals surface area (Å²) < 4.78 is 5.19. The Hall–Kier alpha value is -2.57. The van der Waals surface area contributed by atoms with E-state index in [1.807, 2.05) is 6.07 Å². The molecule has 0 aliphatic rings. The number of amides is 2. The van der Waals surface area contributed by atoms with Gasteiger partial charge < -0.3 is 15.4 Å². The number of para-hydroxylation sites is 2. The van der Waals surface area contributed by atoms with Crippen molar-refractivity contribution in [3.8, 4) is 5.75 Å². The fourth-order valence-corrected chi connectivity index (χ4v) is 2.34. The molecule has 0 aliphatic carbocycles. The second-order valence-corrected chi connectivity index (χ2v) is 5.91. The number of likely N-dealkylation sites (N-methyl/N-ethyl adjacent to an activating group) is 1. The van der Waals surface area contributed by atoms with E-state index in [0.29, 0.717) is 22.1 Å². The third-order valence-corrected chi connectivity index (χ3v) is 3.59. The van der Waals surface area contributed by atoms with Gasteiger partial charge in [0.15, 0.2) is 0 Å². The topological polar surface area (TPSA) is 70.7 Å². The predicted molar refractivity (Wildman–Crippen MR) is 99.2 cm³/mol. The average molecular weight is 362 g/mol. The maximum atomic E-state index is 12.1. The highest BCUT2D eigenvalue weighted by Gasteiger charge is 2.12. The number of halogens is 1. The molecular formula is C18H20ClN3O3. The highest BCUT2D eigenvalue weighted by atomic mass is 35.5. The van der Waals surface area contributed by atoms with Crippen LogP contribution in [-0.4, -0.2) is 44.0 Å². The van der Waals surface area contributed by atoms with E-state index in [1.165, 1.54) is 7.11 Å². The van der Waals surface area contributed by atoms with Crippen molar-refractivity contribution in [2.45, 2.75) is 0 Å². The first kappa shape index (κ1) is 18.8. The number of hydrogen-bond acceptors (Lipinski definition) is 4. The molecule has 25 heavy (non-hydrogen) atoms. The van der Waals surface area contributed by atoms with Crippen LogP contribution in [0, 0.1) is 0 Å². The first-order valence-electron chi connectivity index (χ1n) is 7.65. The molecule has 0 saturated carbocycles. The zero-order chi connectivity index (χ0) is 18.2. The minimum Gasteiger partial charge on any atom is -0.495 e. The first-order chi connectivity index (χ1) is 12.0. The summed E-state index contributed by atoms with van der Waals surface area (Å²) in [4.78, 5) is 25.7. The molecule has 6 nitrogen and oxygen atoms in total. The van der Waals surface area contributed by atoms with Crippen LogP contribution in [0.15, 0.2) is 48.5 Å². The second-order valence-electron chi connectivity index (χ2n) is 5.48. The number of carbonyl (C=O) groups excluding carboxylic acids is 2. The van der Waals surface area contributed by atoms with Gasteiger partial charge in [-0.2, -0.15) is 0 Å². The van der Waals surface area contributed by atoms with Crippen LogP contribution in [-0.2, 0) is 9.59 Å². The van der Waals surface area contributed by atoms with Crippen molar-refractivity contribution in [3.63, 3.8) is 0 Å². The van der Waals surface area contributed by atoms with Crippen LogP contribution in [0.2, 0.25) is 5.02 Å².